The zero-order valence-corrected chi connectivity index (χ0v) is 52.8. The van der Waals surface area contributed by atoms with E-state index in [1.54, 1.807) is 7.11 Å². The van der Waals surface area contributed by atoms with E-state index in [0.29, 0.717) is 19.3 Å². The monoisotopic (exact) mass is 1330 g/mol. The minimum Gasteiger partial charge on any atom is -0.467 e. The molecule has 24 nitrogen and oxygen atoms in total. The predicted molar refractivity (Wildman–Crippen MR) is 291 cm³/mol. The van der Waals surface area contributed by atoms with Crippen molar-refractivity contribution in [3.8, 4) is 0 Å². The van der Waals surface area contributed by atoms with Crippen LogP contribution in [0.5, 0.6) is 0 Å². The Bertz CT molecular complexity index is 3250. The quantitative estimate of drug-likeness (QED) is 0.150. The van der Waals surface area contributed by atoms with Crippen molar-refractivity contribution in [2.24, 2.45) is 93.7 Å². The van der Waals surface area contributed by atoms with Crippen molar-refractivity contribution in [3.05, 3.63) is 12.2 Å². The van der Waals surface area contributed by atoms with Crippen LogP contribution in [0.25, 0.3) is 0 Å². The minimum atomic E-state index is -2.25. The minimum absolute atomic E-state index is 0.0437. The number of aliphatic hydroxyl groups excluding tert-OH is 1. The highest BCUT2D eigenvalue weighted by Crippen LogP contribution is 2.73. The average molecular weight is 1340 g/mol. The molecule has 0 amide bonds. The highest BCUT2D eigenvalue weighted by molar-refractivity contribution is 6.07. The van der Waals surface area contributed by atoms with Gasteiger partial charge >= 0.3 is 41.8 Å². The van der Waals surface area contributed by atoms with Crippen molar-refractivity contribution in [3.63, 3.8) is 0 Å². The van der Waals surface area contributed by atoms with Gasteiger partial charge in [-0.1, -0.05) is 33.8 Å². The molecule has 13 saturated carbocycles. The lowest BCUT2D eigenvalue weighted by atomic mass is 9.84. The summed E-state index contributed by atoms with van der Waals surface area (Å²) in [5.74, 6) is -16.8. The lowest BCUT2D eigenvalue weighted by molar-refractivity contribution is -0.152. The molecule has 31 heteroatoms. The fourth-order valence-corrected chi connectivity index (χ4v) is 17.1. The van der Waals surface area contributed by atoms with Gasteiger partial charge in [-0.3, -0.25) is 28.8 Å². The molecule has 26 unspecified atom stereocenters. The molecule has 1 aliphatic heterocycles. The average Bonchev–Trinajstić information content (AvgIpc) is 1.48. The number of carbonyl (C=O) groups is 13. The number of allylic oxidation sites excluding steroid dienone is 2. The number of aliphatic hydroxyl groups is 1. The summed E-state index contributed by atoms with van der Waals surface area (Å²) in [5, 5.41) is 9.22. The first kappa shape index (κ1) is 70.7. The van der Waals surface area contributed by atoms with Crippen molar-refractivity contribution in [2.45, 2.75) is 136 Å². The van der Waals surface area contributed by atoms with Gasteiger partial charge in [0.05, 0.1) is 110 Å². The highest BCUT2D eigenvalue weighted by Gasteiger charge is 2.89. The Hall–Kier alpha value is -6.60. The number of Topliss-reactive ketones (excluding diaryl/α,β-unsaturated/α-hetero) is 5. The lowest BCUT2D eigenvalue weighted by Gasteiger charge is -2.26. The van der Waals surface area contributed by atoms with E-state index in [0.717, 1.165) is 49.1 Å². The molecule has 26 atom stereocenters. The number of hydrogen-bond donors (Lipinski definition) is 1. The number of hydrogen-bond acceptors (Lipinski definition) is 24. The van der Waals surface area contributed by atoms with Crippen LogP contribution in [0.1, 0.15) is 66.2 Å². The second-order valence-corrected chi connectivity index (χ2v) is 27.3. The Kier molecular flexibility index (Phi) is 17.8. The van der Waals surface area contributed by atoms with Crippen molar-refractivity contribution < 1.29 is 146 Å². The Morgan fingerprint density at radius 3 is 1.32 bits per heavy atom. The number of carbonyl (C=O) groups excluding carboxylic acids is 13. The summed E-state index contributed by atoms with van der Waals surface area (Å²) in [6.45, 7) is 7.60. The molecule has 0 aromatic carbocycles. The molecule has 1 N–H and O–H groups in total. The third-order valence-corrected chi connectivity index (χ3v) is 21.8. The van der Waals surface area contributed by atoms with E-state index in [4.69, 9.17) is 14.2 Å². The number of halogens is 7. The summed E-state index contributed by atoms with van der Waals surface area (Å²) in [7, 11) is 10.9. The molecule has 1 saturated heterocycles. The van der Waals surface area contributed by atoms with Gasteiger partial charge in [0.25, 0.3) is 0 Å². The van der Waals surface area contributed by atoms with Crippen LogP contribution in [0.15, 0.2) is 12.2 Å². The van der Waals surface area contributed by atoms with E-state index in [1.807, 2.05) is 27.7 Å². The third kappa shape index (κ3) is 10.2. The Labute approximate surface area is 526 Å². The molecule has 0 aromatic heterocycles. The van der Waals surface area contributed by atoms with Crippen LogP contribution in [0.4, 0.5) is 30.7 Å². The summed E-state index contributed by atoms with van der Waals surface area (Å²) in [6, 6.07) is 0. The van der Waals surface area contributed by atoms with Crippen molar-refractivity contribution in [2.75, 3.05) is 64.0 Å². The molecule has 15 rings (SSSR count). The molecule has 1 heterocycles. The molecule has 14 fully saturated rings. The van der Waals surface area contributed by atoms with E-state index in [-0.39, 0.29) is 77.0 Å². The molecule has 0 aromatic rings. The summed E-state index contributed by atoms with van der Waals surface area (Å²) in [5.41, 5.74) is -14.9. The van der Waals surface area contributed by atoms with Gasteiger partial charge in [-0.05, 0) is 29.7 Å². The van der Waals surface area contributed by atoms with Gasteiger partial charge in [-0.25, -0.2) is 64.3 Å². The Balaban J connectivity index is 0.000000128. The number of esters is 7. The zero-order valence-electron chi connectivity index (χ0n) is 52.8. The molecular formula is C62H73F7O24. The third-order valence-electron chi connectivity index (χ3n) is 21.8. The van der Waals surface area contributed by atoms with Crippen LogP contribution < -0.4 is 0 Å². The molecule has 0 spiro atoms. The van der Waals surface area contributed by atoms with Gasteiger partial charge in [-0.2, -0.15) is 0 Å². The first-order valence-corrected chi connectivity index (χ1v) is 29.9. The first-order valence-electron chi connectivity index (χ1n) is 29.9. The molecule has 15 aliphatic rings. The maximum atomic E-state index is 14.4. The molecule has 0 radical (unpaired) electrons. The van der Waals surface area contributed by atoms with E-state index >= 15 is 0 Å². The van der Waals surface area contributed by atoms with Gasteiger partial charge in [0, 0.05) is 87.2 Å². The number of methoxy groups -OCH3 is 9. The second kappa shape index (κ2) is 23.4. The van der Waals surface area contributed by atoms with E-state index in [9.17, 15) is 98.2 Å². The van der Waals surface area contributed by atoms with Crippen LogP contribution in [0.3, 0.4) is 0 Å². The van der Waals surface area contributed by atoms with Gasteiger partial charge in [0.15, 0.2) is 11.6 Å². The number of rotatable bonds is 9. The smallest absolute Gasteiger partial charge is 0.345 e. The van der Waals surface area contributed by atoms with E-state index < -0.39 is 176 Å². The fourth-order valence-electron chi connectivity index (χ4n) is 17.1. The SMILES string of the molecule is COC(=O)C1(F)C2C(=O)C3OC3C21.COC(=O)C1(F)C2C(=O)CC(C)(C)C21.COC(=O)C1(F)C2C(=O)CC(O)C21.COC(=O)C1(F)C2C(=O)CC(OC)C21.COC(=O)C1(F)C2C(OC)CC(C)(C)C21.COC(=O)C1(F)C2C=CC(=O)C21.COC(=O)C1(F)C2CCC(=O)C21. The first-order chi connectivity index (χ1) is 43.2. The largest absolute Gasteiger partial charge is 0.467 e. The van der Waals surface area contributed by atoms with Gasteiger partial charge < -0.3 is 52.5 Å². The second-order valence-electron chi connectivity index (χ2n) is 27.3. The number of alkyl halides is 7. The summed E-state index contributed by atoms with van der Waals surface area (Å²) < 4.78 is 142. The maximum Gasteiger partial charge on any atom is 0.345 e. The molecule has 0 bridgehead atoms. The van der Waals surface area contributed by atoms with Crippen molar-refractivity contribution in [1.29, 1.82) is 0 Å². The van der Waals surface area contributed by atoms with Crippen LogP contribution in [-0.4, -0.2) is 216 Å². The summed E-state index contributed by atoms with van der Waals surface area (Å²) in [6.07, 6.45) is 2.55. The van der Waals surface area contributed by atoms with Crippen LogP contribution in [-0.2, 0) is 110 Å². The standard InChI is InChI=1S/C11H17FO3.C10H13FO3.C9H11FO4.C8H7FO4.C8H9FO4.C8H9FO3.C8H7FO3/c1-10(2)5-6(14-3)7-8(10)11(7,12)9(13)15-4;1-9(2)4-5(12)6-7(9)10(6,11)8(13)14-3;1-13-5-3-4(11)6-7(5)9(6,10)8(12)14-2;1-12-7(11)8(9)2-3(8)5-6(13-5)4(2)10;1-13-7(12)8(9)5-3(10)2-4(11)6(5)8;2*1-12-7(11)8(9)4-2-3-5(10)6(4)8/h6-8H,5H2,1-4H3;6-7H,4H2,1-3H3;5-7H,3H2,1-2H3;2-3,5-6H,1H3;3,5-6,10H,2H2,1H3;4,6H,2-3H2,1H3;2-4,6H,1H3. The fraction of sp³-hybridized carbons (Fsp3) is 0.758. The van der Waals surface area contributed by atoms with Crippen molar-refractivity contribution in [1.82, 2.24) is 0 Å². The van der Waals surface area contributed by atoms with Gasteiger partial charge in [-0.15, -0.1) is 0 Å². The van der Waals surface area contributed by atoms with E-state index in [2.05, 4.69) is 33.2 Å². The molecule has 514 valence electrons. The van der Waals surface area contributed by atoms with Crippen molar-refractivity contribution >= 4 is 76.5 Å². The normalized spacial score (nSPS) is 46.2. The predicted octanol–water partition coefficient (Wildman–Crippen LogP) is 2.41. The molecular weight excluding hydrogens is 1260 g/mol. The highest BCUT2D eigenvalue weighted by atomic mass is 19.2. The number of fused-ring (bicyclic) bond motifs is 9. The molecule has 14 aliphatic carbocycles. The van der Waals surface area contributed by atoms with Crippen LogP contribution in [0, 0.1) is 93.7 Å². The van der Waals surface area contributed by atoms with Crippen LogP contribution in [0.2, 0.25) is 0 Å². The van der Waals surface area contributed by atoms with Gasteiger partial charge in [0.1, 0.15) is 29.2 Å². The summed E-state index contributed by atoms with van der Waals surface area (Å²) in [4.78, 5) is 144. The topological polar surface area (TPSA) is 338 Å². The maximum absolute atomic E-state index is 14.4. The number of ether oxygens (including phenoxy) is 10. The molecule has 93 heavy (non-hydrogen) atoms. The van der Waals surface area contributed by atoms with Gasteiger partial charge in [0.2, 0.25) is 39.7 Å². The lowest BCUT2D eigenvalue weighted by Crippen LogP contribution is -2.34. The summed E-state index contributed by atoms with van der Waals surface area (Å²) >= 11 is 0. The van der Waals surface area contributed by atoms with E-state index in [1.165, 1.54) is 26.4 Å². The Morgan fingerprint density at radius 1 is 0.462 bits per heavy atom. The number of epoxide rings is 1. The Morgan fingerprint density at radius 2 is 0.914 bits per heavy atom. The zero-order chi connectivity index (χ0) is 69.7. The van der Waals surface area contributed by atoms with Crippen LogP contribution >= 0.6 is 0 Å². The number of ketones is 6.